The Hall–Kier alpha value is -0.610. The van der Waals surface area contributed by atoms with Gasteiger partial charge in [-0.2, -0.15) is 0 Å². The lowest BCUT2D eigenvalue weighted by atomic mass is 10.1. The van der Waals surface area contributed by atoms with Crippen molar-refractivity contribution in [2.24, 2.45) is 0 Å². The lowest BCUT2D eigenvalue weighted by Gasteiger charge is -2.31. The molecule has 4 heteroatoms. The number of carbonyl (C=O) groups is 1. The first-order valence-corrected chi connectivity index (χ1v) is 7.24. The summed E-state index contributed by atoms with van der Waals surface area (Å²) < 4.78 is 5.14. The fourth-order valence-corrected chi connectivity index (χ4v) is 2.87. The summed E-state index contributed by atoms with van der Waals surface area (Å²) >= 11 is 0. The van der Waals surface area contributed by atoms with Crippen molar-refractivity contribution in [1.29, 1.82) is 0 Å². The minimum Gasteiger partial charge on any atom is -0.465 e. The lowest BCUT2D eigenvalue weighted by Crippen LogP contribution is -2.46. The average molecular weight is 256 g/mol. The second-order valence-electron chi connectivity index (χ2n) is 5.04. The largest absolute Gasteiger partial charge is 0.465 e. The Morgan fingerprint density at radius 2 is 2.17 bits per heavy atom. The van der Waals surface area contributed by atoms with Gasteiger partial charge in [0.25, 0.3) is 0 Å². The number of esters is 1. The van der Waals surface area contributed by atoms with E-state index in [1.807, 2.05) is 20.9 Å². The summed E-state index contributed by atoms with van der Waals surface area (Å²) in [6, 6.07) is 0.507. The van der Waals surface area contributed by atoms with E-state index in [1.54, 1.807) is 0 Å². The van der Waals surface area contributed by atoms with Crippen LogP contribution in [0.1, 0.15) is 40.0 Å². The molecule has 2 unspecified atom stereocenters. The van der Waals surface area contributed by atoms with Gasteiger partial charge in [-0.15, -0.1) is 0 Å². The molecule has 1 heterocycles. The van der Waals surface area contributed by atoms with E-state index in [1.165, 1.54) is 19.4 Å². The third kappa shape index (κ3) is 3.95. The van der Waals surface area contributed by atoms with Crippen molar-refractivity contribution in [3.63, 3.8) is 0 Å². The molecule has 1 aliphatic rings. The van der Waals surface area contributed by atoms with Gasteiger partial charge in [0.1, 0.15) is 6.04 Å². The van der Waals surface area contributed by atoms with Crippen LogP contribution >= 0.6 is 0 Å². The Balaban J connectivity index is 2.51. The highest BCUT2D eigenvalue weighted by Gasteiger charge is 2.29. The molecular formula is C14H28N2O2. The molecule has 1 aliphatic heterocycles. The summed E-state index contributed by atoms with van der Waals surface area (Å²) in [4.78, 5) is 16.5. The molecule has 0 spiro atoms. The smallest absolute Gasteiger partial charge is 0.323 e. The van der Waals surface area contributed by atoms with Crippen LogP contribution in [0.2, 0.25) is 0 Å². The number of hydrogen-bond donors (Lipinski definition) is 0. The van der Waals surface area contributed by atoms with E-state index in [9.17, 15) is 4.79 Å². The van der Waals surface area contributed by atoms with Crippen LogP contribution in [0.4, 0.5) is 0 Å². The van der Waals surface area contributed by atoms with Gasteiger partial charge in [-0.3, -0.25) is 14.6 Å². The van der Waals surface area contributed by atoms with Crippen LogP contribution in [0.15, 0.2) is 0 Å². The van der Waals surface area contributed by atoms with Crippen LogP contribution in [-0.4, -0.2) is 61.1 Å². The molecule has 106 valence electrons. The van der Waals surface area contributed by atoms with Crippen molar-refractivity contribution in [3.8, 4) is 0 Å². The van der Waals surface area contributed by atoms with Crippen molar-refractivity contribution < 1.29 is 9.53 Å². The van der Waals surface area contributed by atoms with Crippen LogP contribution in [0.3, 0.4) is 0 Å². The molecule has 0 amide bonds. The van der Waals surface area contributed by atoms with Crippen LogP contribution in [-0.2, 0) is 9.53 Å². The van der Waals surface area contributed by atoms with E-state index in [4.69, 9.17) is 4.74 Å². The Labute approximate surface area is 111 Å². The predicted octanol–water partition coefficient (Wildman–Crippen LogP) is 1.74. The monoisotopic (exact) mass is 256 g/mol. The van der Waals surface area contributed by atoms with Crippen molar-refractivity contribution in [2.45, 2.75) is 52.1 Å². The molecule has 0 aromatic heterocycles. The van der Waals surface area contributed by atoms with Crippen molar-refractivity contribution in [1.82, 2.24) is 9.80 Å². The van der Waals surface area contributed by atoms with Gasteiger partial charge in [-0.1, -0.05) is 13.8 Å². The van der Waals surface area contributed by atoms with Crippen molar-refractivity contribution in [2.75, 3.05) is 33.3 Å². The van der Waals surface area contributed by atoms with Gasteiger partial charge < -0.3 is 4.74 Å². The zero-order chi connectivity index (χ0) is 13.5. The molecule has 0 aromatic rings. The van der Waals surface area contributed by atoms with E-state index in [2.05, 4.69) is 16.7 Å². The molecule has 2 atom stereocenters. The third-order valence-corrected chi connectivity index (χ3v) is 3.88. The molecule has 0 N–H and O–H groups in total. The average Bonchev–Trinajstić information content (AvgIpc) is 2.77. The maximum Gasteiger partial charge on any atom is 0.323 e. The van der Waals surface area contributed by atoms with Gasteiger partial charge in [0, 0.05) is 12.6 Å². The quantitative estimate of drug-likeness (QED) is 0.650. The van der Waals surface area contributed by atoms with E-state index in [0.717, 1.165) is 19.5 Å². The van der Waals surface area contributed by atoms with Crippen LogP contribution in [0.25, 0.3) is 0 Å². The fourth-order valence-electron chi connectivity index (χ4n) is 2.87. The van der Waals surface area contributed by atoms with Gasteiger partial charge in [0.2, 0.25) is 0 Å². The molecule has 4 nitrogen and oxygen atoms in total. The standard InChI is InChI=1S/C14H28N2O2/c1-5-13(14(17)18-7-3)15(4)11-12-9-8-10-16(12)6-2/h12-13H,5-11H2,1-4H3. The summed E-state index contributed by atoms with van der Waals surface area (Å²) in [5, 5.41) is 0. The second-order valence-corrected chi connectivity index (χ2v) is 5.04. The summed E-state index contributed by atoms with van der Waals surface area (Å²) in [5.41, 5.74) is 0. The van der Waals surface area contributed by atoms with Gasteiger partial charge in [0.05, 0.1) is 6.61 Å². The molecule has 0 radical (unpaired) electrons. The lowest BCUT2D eigenvalue weighted by molar-refractivity contribution is -0.149. The number of likely N-dealkylation sites (tertiary alicyclic amines) is 1. The fraction of sp³-hybridized carbons (Fsp3) is 0.929. The SMILES string of the molecule is CCOC(=O)C(CC)N(C)CC1CCCN1CC. The number of rotatable bonds is 7. The maximum absolute atomic E-state index is 11.9. The Kier molecular flexibility index (Phi) is 6.65. The Morgan fingerprint density at radius 3 is 2.72 bits per heavy atom. The van der Waals surface area contributed by atoms with Crippen molar-refractivity contribution in [3.05, 3.63) is 0 Å². The first-order chi connectivity index (χ1) is 8.63. The molecular weight excluding hydrogens is 228 g/mol. The summed E-state index contributed by atoms with van der Waals surface area (Å²) in [6.07, 6.45) is 3.34. The molecule has 1 rings (SSSR count). The predicted molar refractivity (Wildman–Crippen MR) is 73.6 cm³/mol. The summed E-state index contributed by atoms with van der Waals surface area (Å²) in [7, 11) is 2.04. The minimum absolute atomic E-state index is 0.0801. The molecule has 1 saturated heterocycles. The van der Waals surface area contributed by atoms with Gasteiger partial charge in [-0.05, 0) is 46.3 Å². The Morgan fingerprint density at radius 1 is 1.44 bits per heavy atom. The van der Waals surface area contributed by atoms with E-state index >= 15 is 0 Å². The molecule has 0 bridgehead atoms. The second kappa shape index (κ2) is 7.74. The molecule has 0 saturated carbocycles. The number of ether oxygens (including phenoxy) is 1. The Bertz CT molecular complexity index is 258. The number of likely N-dealkylation sites (N-methyl/N-ethyl adjacent to an activating group) is 2. The van der Waals surface area contributed by atoms with Gasteiger partial charge >= 0.3 is 5.97 Å². The zero-order valence-corrected chi connectivity index (χ0v) is 12.3. The summed E-state index contributed by atoms with van der Waals surface area (Å²) in [5.74, 6) is -0.0801. The minimum atomic E-state index is -0.0933. The van der Waals surface area contributed by atoms with E-state index in [0.29, 0.717) is 12.6 Å². The van der Waals surface area contributed by atoms with Crippen LogP contribution in [0, 0.1) is 0 Å². The highest BCUT2D eigenvalue weighted by molar-refractivity contribution is 5.75. The van der Waals surface area contributed by atoms with Gasteiger partial charge in [-0.25, -0.2) is 0 Å². The normalized spacial score (nSPS) is 22.4. The number of carbonyl (C=O) groups excluding carboxylic acids is 1. The highest BCUT2D eigenvalue weighted by Crippen LogP contribution is 2.18. The molecule has 1 fully saturated rings. The number of nitrogens with zero attached hydrogens (tertiary/aromatic N) is 2. The number of hydrogen-bond acceptors (Lipinski definition) is 4. The third-order valence-electron chi connectivity index (χ3n) is 3.88. The highest BCUT2D eigenvalue weighted by atomic mass is 16.5. The first kappa shape index (κ1) is 15.4. The maximum atomic E-state index is 11.9. The van der Waals surface area contributed by atoms with Gasteiger partial charge in [0.15, 0.2) is 0 Å². The molecule has 0 aromatic carbocycles. The first-order valence-electron chi connectivity index (χ1n) is 7.24. The van der Waals surface area contributed by atoms with Crippen LogP contribution in [0.5, 0.6) is 0 Å². The van der Waals surface area contributed by atoms with Crippen molar-refractivity contribution >= 4 is 5.97 Å². The van der Waals surface area contributed by atoms with Crippen LogP contribution < -0.4 is 0 Å². The molecule has 0 aliphatic carbocycles. The molecule has 18 heavy (non-hydrogen) atoms. The van der Waals surface area contributed by atoms with E-state index < -0.39 is 0 Å². The summed E-state index contributed by atoms with van der Waals surface area (Å²) in [6.45, 7) is 9.85. The zero-order valence-electron chi connectivity index (χ0n) is 12.3. The van der Waals surface area contributed by atoms with E-state index in [-0.39, 0.29) is 12.0 Å². The topological polar surface area (TPSA) is 32.8 Å².